The number of rotatable bonds is 41. The van der Waals surface area contributed by atoms with Gasteiger partial charge in [-0.05, 0) is 48.9 Å². The number of amides is 4. The Bertz CT molecular complexity index is 1930. The molecule has 24 heteroatoms. The highest BCUT2D eigenvalue weighted by Gasteiger charge is 2.24. The molecule has 3 rings (SSSR count). The second-order valence-corrected chi connectivity index (χ2v) is 16.2. The summed E-state index contributed by atoms with van der Waals surface area (Å²) >= 11 is 1.24. The Morgan fingerprint density at radius 2 is 1.30 bits per heavy atom. The summed E-state index contributed by atoms with van der Waals surface area (Å²) in [6, 6.07) is 11.3. The first kappa shape index (κ1) is 59.7. The van der Waals surface area contributed by atoms with Crippen LogP contribution < -0.4 is 31.3 Å². The Labute approximate surface area is 418 Å². The maximum Gasteiger partial charge on any atom is 0.305 e. The number of anilines is 1. The lowest BCUT2D eigenvalue weighted by atomic mass is 10.1. The second kappa shape index (κ2) is 39.1. The molecule has 0 spiro atoms. The van der Waals surface area contributed by atoms with Crippen molar-refractivity contribution in [3.05, 3.63) is 54.1 Å². The van der Waals surface area contributed by atoms with Gasteiger partial charge in [0.1, 0.15) is 11.8 Å². The third-order valence-electron chi connectivity index (χ3n) is 9.20. The first-order valence-corrected chi connectivity index (χ1v) is 24.4. The molecule has 0 fully saturated rings. The molecule has 0 aliphatic carbocycles. The number of carboxylic acid groups (broad SMARTS) is 1. The van der Waals surface area contributed by atoms with Crippen molar-refractivity contribution in [2.24, 2.45) is 9.98 Å². The summed E-state index contributed by atoms with van der Waals surface area (Å²) in [7, 11) is 0. The molecule has 1 heterocycles. The highest BCUT2D eigenvalue weighted by atomic mass is 32.2. The van der Waals surface area contributed by atoms with Gasteiger partial charge < -0.3 is 74.3 Å². The maximum absolute atomic E-state index is 13.0. The monoisotopic (exact) mass is 1020 g/mol. The van der Waals surface area contributed by atoms with Gasteiger partial charge in [-0.15, -0.1) is 0 Å². The number of carbonyl (C=O) groups excluding carboxylic acids is 5. The molecular formula is C47H69N7O16S. The summed E-state index contributed by atoms with van der Waals surface area (Å²) in [5, 5.41) is 22.7. The Morgan fingerprint density at radius 1 is 0.718 bits per heavy atom. The van der Waals surface area contributed by atoms with Crippen LogP contribution in [0.2, 0.25) is 0 Å². The maximum atomic E-state index is 13.0. The predicted octanol–water partition coefficient (Wildman–Crippen LogP) is 1.75. The van der Waals surface area contributed by atoms with Crippen LogP contribution >= 0.6 is 11.8 Å². The Kier molecular flexibility index (Phi) is 32.9. The molecule has 6 N–H and O–H groups in total. The Balaban J connectivity index is 1.11. The molecule has 1 atom stereocenters. The summed E-state index contributed by atoms with van der Waals surface area (Å²) < 4.78 is 49.3. The van der Waals surface area contributed by atoms with Crippen LogP contribution in [-0.4, -0.2) is 196 Å². The minimum absolute atomic E-state index is 0.0864. The van der Waals surface area contributed by atoms with Crippen molar-refractivity contribution < 1.29 is 76.5 Å². The normalized spacial score (nSPS) is 13.0. The zero-order valence-corrected chi connectivity index (χ0v) is 41.1. The summed E-state index contributed by atoms with van der Waals surface area (Å²) in [5.74, 6) is -2.00. The van der Waals surface area contributed by atoms with Gasteiger partial charge in [0, 0.05) is 56.1 Å². The van der Waals surface area contributed by atoms with E-state index in [2.05, 4.69) is 36.6 Å². The molecule has 0 saturated carbocycles. The molecular weight excluding hydrogens is 951 g/mol. The van der Waals surface area contributed by atoms with E-state index in [0.717, 1.165) is 6.42 Å². The van der Waals surface area contributed by atoms with Gasteiger partial charge in [0.15, 0.2) is 5.12 Å². The van der Waals surface area contributed by atoms with Crippen molar-refractivity contribution in [2.45, 2.75) is 38.6 Å². The smallest absolute Gasteiger partial charge is 0.305 e. The van der Waals surface area contributed by atoms with Crippen LogP contribution in [0.15, 0.2) is 58.5 Å². The number of nitrogens with zero attached hydrogens (tertiary/aromatic N) is 2. The number of carbonyl (C=O) groups is 6. The average Bonchev–Trinajstić information content (AvgIpc) is 3.35. The Morgan fingerprint density at radius 3 is 1.85 bits per heavy atom. The number of carboxylic acids is 1. The van der Waals surface area contributed by atoms with Crippen LogP contribution in [0.4, 0.5) is 11.4 Å². The number of hydrogen-bond acceptors (Lipinski definition) is 17. The molecule has 2 aromatic rings. The largest absolute Gasteiger partial charge is 0.494 e. The molecule has 0 unspecified atom stereocenters. The van der Waals surface area contributed by atoms with Gasteiger partial charge in [-0.3, -0.25) is 28.8 Å². The topological polar surface area (TPSA) is 291 Å². The van der Waals surface area contributed by atoms with Gasteiger partial charge >= 0.3 is 5.97 Å². The molecule has 1 aliphatic heterocycles. The summed E-state index contributed by atoms with van der Waals surface area (Å²) in [6.45, 7) is 9.34. The van der Waals surface area contributed by atoms with E-state index < -0.39 is 42.7 Å². The number of aliphatic imine (C=N–C) groups is 2. The van der Waals surface area contributed by atoms with Crippen molar-refractivity contribution in [1.29, 1.82) is 0 Å². The average molecular weight is 1020 g/mol. The van der Waals surface area contributed by atoms with Gasteiger partial charge in [0.2, 0.25) is 23.7 Å². The lowest BCUT2D eigenvalue weighted by molar-refractivity contribution is -0.139. The fraction of sp³-hybridized carbons (Fsp3) is 0.574. The number of guanidine groups is 1. The lowest BCUT2D eigenvalue weighted by Crippen LogP contribution is -2.48. The van der Waals surface area contributed by atoms with Crippen molar-refractivity contribution in [2.75, 3.05) is 143 Å². The number of aliphatic carboxylic acids is 1. The van der Waals surface area contributed by atoms with Crippen LogP contribution in [0.1, 0.15) is 43.0 Å². The standard InChI is InChI=1S/C47H69N7O16S/c1-36(55)71-32-31-69-30-29-68-28-27-67-26-25-66-24-23-65-22-21-64-20-19-63-18-17-62-16-11-42(56)48-14-4-15-70-40-9-7-38(8-10-40)52-46(61)41(34-44(58)59)54-43(57)35-51-45(60)37-5-2-6-39(33-37)53-47-49-12-3-13-50-47/h2,5-10,12,33,41H,3-4,11,13-32,34-35H2,1H3,(H,48,56)(H,50,53)(H,51,60)(H,52,61)(H,54,57)(H,58,59)/t41-/m0/s1. The first-order chi connectivity index (χ1) is 34.6. The zero-order chi connectivity index (χ0) is 51.0. The molecule has 0 bridgehead atoms. The van der Waals surface area contributed by atoms with Crippen LogP contribution in [0, 0.1) is 0 Å². The first-order valence-electron chi connectivity index (χ1n) is 23.4. The van der Waals surface area contributed by atoms with E-state index >= 15 is 0 Å². The zero-order valence-electron chi connectivity index (χ0n) is 40.3. The van der Waals surface area contributed by atoms with Crippen molar-refractivity contribution in [3.63, 3.8) is 0 Å². The molecule has 1 aliphatic rings. The molecule has 0 saturated heterocycles. The highest BCUT2D eigenvalue weighted by Crippen LogP contribution is 2.17. The molecule has 4 amide bonds. The van der Waals surface area contributed by atoms with Crippen LogP contribution in [0.5, 0.6) is 5.75 Å². The van der Waals surface area contributed by atoms with E-state index in [9.17, 15) is 33.9 Å². The van der Waals surface area contributed by atoms with Gasteiger partial charge in [-0.2, -0.15) is 0 Å². The van der Waals surface area contributed by atoms with E-state index in [1.54, 1.807) is 48.7 Å². The van der Waals surface area contributed by atoms with Gasteiger partial charge in [-0.1, -0.05) is 17.8 Å². The number of thioether (sulfide) groups is 1. The second-order valence-electron chi connectivity index (χ2n) is 15.0. The summed E-state index contributed by atoms with van der Waals surface area (Å²) in [5.41, 5.74) is 1.05. The third kappa shape index (κ3) is 31.4. The van der Waals surface area contributed by atoms with E-state index in [0.29, 0.717) is 154 Å². The SMILES string of the molecule is CC(=O)SCCOCCOCCOCCOCCOCCOCCOCCOCCC(=O)NCCCOc1ccc(NC(=O)[C@H](CC(=O)O)NC(=O)CNC(=O)c2cccc(N=C3N=CCCN3)c2)cc1. The quantitative estimate of drug-likeness (QED) is 0.0517. The van der Waals surface area contributed by atoms with E-state index in [-0.39, 0.29) is 29.6 Å². The van der Waals surface area contributed by atoms with Crippen molar-refractivity contribution in [3.8, 4) is 5.75 Å². The molecule has 23 nitrogen and oxygen atoms in total. The van der Waals surface area contributed by atoms with Gasteiger partial charge in [-0.25, -0.2) is 9.98 Å². The van der Waals surface area contributed by atoms with E-state index in [1.165, 1.54) is 24.8 Å². The molecule has 71 heavy (non-hydrogen) atoms. The minimum Gasteiger partial charge on any atom is -0.494 e. The fourth-order valence-electron chi connectivity index (χ4n) is 5.74. The number of nitrogens with one attached hydrogen (secondary N) is 5. The van der Waals surface area contributed by atoms with Gasteiger partial charge in [0.25, 0.3) is 5.91 Å². The lowest BCUT2D eigenvalue weighted by Gasteiger charge is -2.17. The van der Waals surface area contributed by atoms with Crippen LogP contribution in [0.25, 0.3) is 0 Å². The molecule has 394 valence electrons. The summed E-state index contributed by atoms with van der Waals surface area (Å²) in [6.07, 6.45) is 2.56. The number of benzene rings is 2. The summed E-state index contributed by atoms with van der Waals surface area (Å²) in [4.78, 5) is 81.4. The fourth-order valence-corrected chi connectivity index (χ4v) is 6.23. The number of hydrogen-bond donors (Lipinski definition) is 6. The molecule has 0 aromatic heterocycles. The molecule has 2 aromatic carbocycles. The van der Waals surface area contributed by atoms with Crippen molar-refractivity contribution >= 4 is 70.0 Å². The van der Waals surface area contributed by atoms with Crippen molar-refractivity contribution in [1.82, 2.24) is 21.3 Å². The minimum atomic E-state index is -1.43. The highest BCUT2D eigenvalue weighted by molar-refractivity contribution is 8.13. The van der Waals surface area contributed by atoms with Crippen LogP contribution in [0.3, 0.4) is 0 Å². The van der Waals surface area contributed by atoms with E-state index in [4.69, 9.17) is 42.6 Å². The third-order valence-corrected chi connectivity index (χ3v) is 9.98. The van der Waals surface area contributed by atoms with Crippen LogP contribution in [-0.2, 0) is 61.9 Å². The van der Waals surface area contributed by atoms with Gasteiger partial charge in [0.05, 0.1) is 131 Å². The number of ether oxygens (including phenoxy) is 9. The Hall–Kier alpha value is -5.57. The van der Waals surface area contributed by atoms with E-state index in [1.807, 2.05) is 0 Å². The molecule has 0 radical (unpaired) electrons. The predicted molar refractivity (Wildman–Crippen MR) is 264 cm³/mol.